The van der Waals surface area contributed by atoms with E-state index in [0.29, 0.717) is 17.4 Å². The van der Waals surface area contributed by atoms with E-state index in [0.717, 1.165) is 44.9 Å². The summed E-state index contributed by atoms with van der Waals surface area (Å²) in [7, 11) is 5.90. The molecule has 0 aromatic heterocycles. The molecule has 0 aliphatic heterocycles. The van der Waals surface area contributed by atoms with Crippen LogP contribution in [0.3, 0.4) is 0 Å². The van der Waals surface area contributed by atoms with Crippen LogP contribution in [0, 0.1) is 0 Å². The molecule has 0 saturated carbocycles. The van der Waals surface area contributed by atoms with Crippen LogP contribution in [-0.2, 0) is 33.3 Å². The standard InChI is InChI=1S/C42H81NO8/c1-6-8-10-12-14-15-16-17-18-19-20-21-22-23-24-25-26-27-29-31-33-40(45)51-38(36-49-39(44)32-30-28-13-11-9-7-2)37-50-42(41(46)47)48-35-34-43(3,4)5/h38,42H,6-37H2,1-5H3. The van der Waals surface area contributed by atoms with E-state index in [1.165, 1.54) is 122 Å². The van der Waals surface area contributed by atoms with Gasteiger partial charge in [-0.3, -0.25) is 9.59 Å². The number of unbranched alkanes of at least 4 members (excludes halogenated alkanes) is 24. The van der Waals surface area contributed by atoms with Crippen molar-refractivity contribution in [2.75, 3.05) is 47.5 Å². The average Bonchev–Trinajstić information content (AvgIpc) is 3.08. The summed E-state index contributed by atoms with van der Waals surface area (Å²) < 4.78 is 22.4. The smallest absolute Gasteiger partial charge is 0.306 e. The Bertz CT molecular complexity index is 815. The fourth-order valence-electron chi connectivity index (χ4n) is 6.01. The molecule has 0 aromatic rings. The minimum absolute atomic E-state index is 0.152. The Morgan fingerprint density at radius 3 is 1.25 bits per heavy atom. The fraction of sp³-hybridized carbons (Fsp3) is 0.929. The van der Waals surface area contributed by atoms with Crippen molar-refractivity contribution in [3.63, 3.8) is 0 Å². The number of carboxylic acid groups (broad SMARTS) is 1. The Morgan fingerprint density at radius 2 is 0.882 bits per heavy atom. The molecule has 0 N–H and O–H groups in total. The molecule has 302 valence electrons. The van der Waals surface area contributed by atoms with Crippen molar-refractivity contribution in [1.82, 2.24) is 0 Å². The Labute approximate surface area is 313 Å². The SMILES string of the molecule is CCCCCCCCCCCCCCCCCCCCCCC(=O)OC(COC(=O)CCCCCCCC)COC(OCC[N+](C)(C)C)C(=O)[O-]. The molecule has 0 heterocycles. The molecule has 51 heavy (non-hydrogen) atoms. The van der Waals surface area contributed by atoms with Gasteiger partial charge in [-0.1, -0.05) is 168 Å². The minimum atomic E-state index is -1.61. The van der Waals surface area contributed by atoms with Crippen molar-refractivity contribution < 1.29 is 42.9 Å². The number of esters is 2. The predicted molar refractivity (Wildman–Crippen MR) is 205 cm³/mol. The van der Waals surface area contributed by atoms with Gasteiger partial charge in [0.2, 0.25) is 0 Å². The molecule has 0 fully saturated rings. The van der Waals surface area contributed by atoms with Gasteiger partial charge in [0.05, 0.1) is 40.3 Å². The van der Waals surface area contributed by atoms with Crippen molar-refractivity contribution in [1.29, 1.82) is 0 Å². The molecule has 0 amide bonds. The highest BCUT2D eigenvalue weighted by atomic mass is 16.7. The minimum Gasteiger partial charge on any atom is -0.545 e. The van der Waals surface area contributed by atoms with Crippen LogP contribution in [0.1, 0.15) is 194 Å². The van der Waals surface area contributed by atoms with Gasteiger partial charge in [-0.2, -0.15) is 0 Å². The number of carbonyl (C=O) groups is 3. The number of carbonyl (C=O) groups excluding carboxylic acids is 3. The van der Waals surface area contributed by atoms with Gasteiger partial charge in [0.15, 0.2) is 12.4 Å². The van der Waals surface area contributed by atoms with Crippen LogP contribution in [0.4, 0.5) is 0 Å². The second-order valence-electron chi connectivity index (χ2n) is 15.6. The first kappa shape index (κ1) is 49.3. The van der Waals surface area contributed by atoms with Gasteiger partial charge < -0.3 is 33.3 Å². The number of ether oxygens (including phenoxy) is 4. The van der Waals surface area contributed by atoms with E-state index in [2.05, 4.69) is 13.8 Å². The lowest BCUT2D eigenvalue weighted by Gasteiger charge is -2.26. The summed E-state index contributed by atoms with van der Waals surface area (Å²) in [6.45, 7) is 4.69. The van der Waals surface area contributed by atoms with E-state index in [9.17, 15) is 19.5 Å². The Balaban J connectivity index is 4.24. The molecule has 0 spiro atoms. The molecule has 0 aliphatic carbocycles. The van der Waals surface area contributed by atoms with Crippen LogP contribution in [0.2, 0.25) is 0 Å². The highest BCUT2D eigenvalue weighted by Crippen LogP contribution is 2.16. The maximum atomic E-state index is 12.7. The Hall–Kier alpha value is -1.71. The van der Waals surface area contributed by atoms with E-state index in [4.69, 9.17) is 18.9 Å². The fourth-order valence-corrected chi connectivity index (χ4v) is 6.01. The third-order valence-corrected chi connectivity index (χ3v) is 9.35. The second kappa shape index (κ2) is 35.3. The zero-order chi connectivity index (χ0) is 37.8. The topological polar surface area (TPSA) is 111 Å². The Morgan fingerprint density at radius 1 is 0.510 bits per heavy atom. The maximum absolute atomic E-state index is 12.7. The zero-order valence-corrected chi connectivity index (χ0v) is 34.0. The lowest BCUT2D eigenvalue weighted by atomic mass is 10.0. The zero-order valence-electron chi connectivity index (χ0n) is 34.0. The quantitative estimate of drug-likeness (QED) is 0.0267. The highest BCUT2D eigenvalue weighted by Gasteiger charge is 2.21. The lowest BCUT2D eigenvalue weighted by molar-refractivity contribution is -0.870. The number of rotatable bonds is 39. The van der Waals surface area contributed by atoms with Gasteiger partial charge in [0.1, 0.15) is 13.2 Å². The molecule has 9 heteroatoms. The summed E-state index contributed by atoms with van der Waals surface area (Å²) in [4.78, 5) is 36.6. The molecule has 0 bridgehead atoms. The van der Waals surface area contributed by atoms with Gasteiger partial charge in [-0.15, -0.1) is 0 Å². The summed E-state index contributed by atoms with van der Waals surface area (Å²) in [6.07, 6.45) is 30.2. The molecule has 2 unspecified atom stereocenters. The van der Waals surface area contributed by atoms with Gasteiger partial charge in [0, 0.05) is 12.8 Å². The summed E-state index contributed by atoms with van der Waals surface area (Å²) in [5.41, 5.74) is 0. The molecule has 0 saturated heterocycles. The molecular formula is C42H81NO8. The lowest BCUT2D eigenvalue weighted by Crippen LogP contribution is -2.44. The van der Waals surface area contributed by atoms with Crippen molar-refractivity contribution in [3.05, 3.63) is 0 Å². The number of hydrogen-bond donors (Lipinski definition) is 0. The van der Waals surface area contributed by atoms with Crippen molar-refractivity contribution in [2.24, 2.45) is 0 Å². The largest absolute Gasteiger partial charge is 0.545 e. The van der Waals surface area contributed by atoms with E-state index in [1.54, 1.807) is 0 Å². The number of likely N-dealkylation sites (N-methyl/N-ethyl adjacent to an activating group) is 1. The normalized spacial score (nSPS) is 12.9. The Kier molecular flexibility index (Phi) is 34.1. The summed E-state index contributed by atoms with van der Waals surface area (Å²) in [5.74, 6) is -2.28. The molecule has 0 rings (SSSR count). The maximum Gasteiger partial charge on any atom is 0.306 e. The number of hydrogen-bond acceptors (Lipinski definition) is 8. The van der Waals surface area contributed by atoms with Gasteiger partial charge in [-0.05, 0) is 12.8 Å². The van der Waals surface area contributed by atoms with E-state index in [1.807, 2.05) is 21.1 Å². The first-order valence-corrected chi connectivity index (χ1v) is 21.2. The number of carboxylic acids is 1. The predicted octanol–water partition coefficient (Wildman–Crippen LogP) is 9.22. The average molecular weight is 728 g/mol. The third-order valence-electron chi connectivity index (χ3n) is 9.35. The molecule has 0 radical (unpaired) electrons. The molecule has 9 nitrogen and oxygen atoms in total. The van der Waals surface area contributed by atoms with E-state index < -0.39 is 24.3 Å². The molecule has 2 atom stereocenters. The van der Waals surface area contributed by atoms with Crippen molar-refractivity contribution in [2.45, 2.75) is 206 Å². The van der Waals surface area contributed by atoms with E-state index in [-0.39, 0.29) is 32.2 Å². The summed E-state index contributed by atoms with van der Waals surface area (Å²) >= 11 is 0. The molecule has 0 aliphatic rings. The first-order valence-electron chi connectivity index (χ1n) is 21.2. The van der Waals surface area contributed by atoms with Crippen LogP contribution in [-0.4, -0.2) is 82.3 Å². The highest BCUT2D eigenvalue weighted by molar-refractivity contribution is 5.70. The summed E-state index contributed by atoms with van der Waals surface area (Å²) in [5, 5.41) is 11.6. The van der Waals surface area contributed by atoms with E-state index >= 15 is 0 Å². The first-order chi connectivity index (χ1) is 24.6. The molecular weight excluding hydrogens is 646 g/mol. The summed E-state index contributed by atoms with van der Waals surface area (Å²) in [6, 6.07) is 0. The van der Waals surface area contributed by atoms with Gasteiger partial charge in [0.25, 0.3) is 0 Å². The van der Waals surface area contributed by atoms with Crippen LogP contribution in [0.5, 0.6) is 0 Å². The van der Waals surface area contributed by atoms with Crippen LogP contribution < -0.4 is 5.11 Å². The van der Waals surface area contributed by atoms with Gasteiger partial charge in [-0.25, -0.2) is 0 Å². The second-order valence-corrected chi connectivity index (χ2v) is 15.6. The van der Waals surface area contributed by atoms with Crippen LogP contribution in [0.15, 0.2) is 0 Å². The number of aliphatic carboxylic acids is 1. The van der Waals surface area contributed by atoms with Crippen molar-refractivity contribution >= 4 is 17.9 Å². The number of quaternary nitrogens is 1. The number of nitrogens with zero attached hydrogens (tertiary/aromatic N) is 1. The van der Waals surface area contributed by atoms with Crippen LogP contribution >= 0.6 is 0 Å². The monoisotopic (exact) mass is 728 g/mol. The third kappa shape index (κ3) is 36.4. The van der Waals surface area contributed by atoms with Gasteiger partial charge >= 0.3 is 11.9 Å². The van der Waals surface area contributed by atoms with Crippen LogP contribution in [0.25, 0.3) is 0 Å². The van der Waals surface area contributed by atoms with Crippen molar-refractivity contribution in [3.8, 4) is 0 Å². The molecule has 0 aromatic carbocycles.